The lowest BCUT2D eigenvalue weighted by atomic mass is 9.79. The Morgan fingerprint density at radius 1 is 1.12 bits per heavy atom. The van der Waals surface area contributed by atoms with E-state index in [0.29, 0.717) is 5.92 Å². The van der Waals surface area contributed by atoms with E-state index in [0.717, 1.165) is 0 Å². The molecule has 0 heterocycles. The first-order valence-corrected chi connectivity index (χ1v) is 5.99. The van der Waals surface area contributed by atoms with Gasteiger partial charge < -0.3 is 10.0 Å². The van der Waals surface area contributed by atoms with Crippen LogP contribution in [0.1, 0.15) is 41.5 Å². The Balaban J connectivity index is 5.06. The van der Waals surface area contributed by atoms with Crippen LogP contribution in [0.3, 0.4) is 0 Å². The highest BCUT2D eigenvalue weighted by Gasteiger charge is 2.40. The molecule has 0 aliphatic heterocycles. The third-order valence-corrected chi connectivity index (χ3v) is 3.28. The summed E-state index contributed by atoms with van der Waals surface area (Å²) in [6.45, 7) is 11.3. The van der Waals surface area contributed by atoms with Crippen LogP contribution in [0.2, 0.25) is 0 Å². The minimum absolute atomic E-state index is 0.0340. The molecule has 2 atom stereocenters. The van der Waals surface area contributed by atoms with E-state index in [2.05, 4.69) is 0 Å². The minimum Gasteiger partial charge on any atom is -0.481 e. The second kappa shape index (κ2) is 5.52. The van der Waals surface area contributed by atoms with Gasteiger partial charge in [-0.1, -0.05) is 34.6 Å². The lowest BCUT2D eigenvalue weighted by Gasteiger charge is -2.34. The summed E-state index contributed by atoms with van der Waals surface area (Å²) in [5, 5.41) is 9.20. The second-order valence-electron chi connectivity index (χ2n) is 6.07. The number of rotatable bonds is 4. The van der Waals surface area contributed by atoms with Crippen LogP contribution >= 0.6 is 0 Å². The maximum atomic E-state index is 12.2. The molecule has 0 aromatic carbocycles. The van der Waals surface area contributed by atoms with Crippen molar-refractivity contribution in [3.8, 4) is 0 Å². The van der Waals surface area contributed by atoms with Crippen LogP contribution in [0.5, 0.6) is 0 Å². The fourth-order valence-electron chi connectivity index (χ4n) is 1.70. The van der Waals surface area contributed by atoms with E-state index in [1.165, 1.54) is 0 Å². The summed E-state index contributed by atoms with van der Waals surface area (Å²) in [6.07, 6.45) is 0. The predicted molar refractivity (Wildman–Crippen MR) is 67.7 cm³/mol. The molecule has 0 fully saturated rings. The first kappa shape index (κ1) is 15.9. The van der Waals surface area contributed by atoms with E-state index >= 15 is 0 Å². The maximum Gasteiger partial charge on any atom is 0.316 e. The Morgan fingerprint density at radius 3 is 1.76 bits per heavy atom. The highest BCUT2D eigenvalue weighted by molar-refractivity contribution is 5.97. The van der Waals surface area contributed by atoms with Gasteiger partial charge in [-0.3, -0.25) is 9.59 Å². The summed E-state index contributed by atoms with van der Waals surface area (Å²) in [5.74, 6) is -2.05. The zero-order valence-corrected chi connectivity index (χ0v) is 11.9. The third-order valence-electron chi connectivity index (χ3n) is 3.28. The molecule has 1 amide bonds. The average molecular weight is 243 g/mol. The van der Waals surface area contributed by atoms with Gasteiger partial charge in [0.1, 0.15) is 5.92 Å². The standard InChI is InChI=1S/C13H25NO3/c1-8(2)9(3)14(7)11(15)10(12(16)17)13(4,5)6/h8-10H,1-7H3,(H,16,17). The number of amides is 1. The second-order valence-corrected chi connectivity index (χ2v) is 6.07. The highest BCUT2D eigenvalue weighted by Crippen LogP contribution is 2.28. The van der Waals surface area contributed by atoms with Gasteiger partial charge >= 0.3 is 5.97 Å². The van der Waals surface area contributed by atoms with E-state index < -0.39 is 17.3 Å². The van der Waals surface area contributed by atoms with Crippen molar-refractivity contribution in [3.63, 3.8) is 0 Å². The molecule has 0 bridgehead atoms. The van der Waals surface area contributed by atoms with Crippen molar-refractivity contribution in [2.24, 2.45) is 17.3 Å². The van der Waals surface area contributed by atoms with E-state index in [1.807, 2.05) is 20.8 Å². The summed E-state index contributed by atoms with van der Waals surface area (Å²) in [6, 6.07) is 0.0340. The van der Waals surface area contributed by atoms with E-state index in [1.54, 1.807) is 32.7 Å². The SMILES string of the molecule is CC(C)C(C)N(C)C(=O)C(C(=O)O)C(C)(C)C. The van der Waals surface area contributed by atoms with Crippen LogP contribution in [0.15, 0.2) is 0 Å². The molecule has 4 nitrogen and oxygen atoms in total. The van der Waals surface area contributed by atoms with Crippen LogP contribution in [-0.2, 0) is 9.59 Å². The van der Waals surface area contributed by atoms with Crippen molar-refractivity contribution < 1.29 is 14.7 Å². The van der Waals surface area contributed by atoms with Gasteiger partial charge in [-0.15, -0.1) is 0 Å². The number of carbonyl (C=O) groups is 2. The molecule has 4 heteroatoms. The van der Waals surface area contributed by atoms with Gasteiger partial charge in [0.05, 0.1) is 0 Å². The molecule has 0 aliphatic rings. The van der Waals surface area contributed by atoms with Crippen molar-refractivity contribution in [1.82, 2.24) is 4.90 Å². The van der Waals surface area contributed by atoms with Crippen molar-refractivity contribution in [1.29, 1.82) is 0 Å². The van der Waals surface area contributed by atoms with Crippen LogP contribution in [-0.4, -0.2) is 35.0 Å². The number of hydrogen-bond donors (Lipinski definition) is 1. The number of aliphatic carboxylic acids is 1. The number of nitrogens with zero attached hydrogens (tertiary/aromatic N) is 1. The normalized spacial score (nSPS) is 15.5. The monoisotopic (exact) mass is 243 g/mol. The quantitative estimate of drug-likeness (QED) is 0.770. The van der Waals surface area contributed by atoms with Gasteiger partial charge in [-0.2, -0.15) is 0 Å². The van der Waals surface area contributed by atoms with E-state index in [4.69, 9.17) is 0 Å². The number of hydrogen-bond acceptors (Lipinski definition) is 2. The molecule has 17 heavy (non-hydrogen) atoms. The largest absolute Gasteiger partial charge is 0.481 e. The lowest BCUT2D eigenvalue weighted by molar-refractivity contribution is -0.156. The first-order chi connectivity index (χ1) is 7.50. The Hall–Kier alpha value is -1.06. The number of carbonyl (C=O) groups excluding carboxylic acids is 1. The summed E-state index contributed by atoms with van der Waals surface area (Å²) in [4.78, 5) is 25.0. The Morgan fingerprint density at radius 2 is 1.53 bits per heavy atom. The Bertz CT molecular complexity index is 292. The van der Waals surface area contributed by atoms with Crippen molar-refractivity contribution in [2.45, 2.75) is 47.6 Å². The first-order valence-electron chi connectivity index (χ1n) is 5.99. The molecule has 0 saturated heterocycles. The molecule has 0 aliphatic carbocycles. The Labute approximate surface area is 104 Å². The van der Waals surface area contributed by atoms with Gasteiger partial charge in [-0.25, -0.2) is 0 Å². The summed E-state index contributed by atoms with van der Waals surface area (Å²) in [5.41, 5.74) is -0.576. The Kier molecular flexibility index (Phi) is 5.17. The molecular formula is C13H25NO3. The molecule has 2 unspecified atom stereocenters. The minimum atomic E-state index is -1.05. The topological polar surface area (TPSA) is 57.6 Å². The smallest absolute Gasteiger partial charge is 0.316 e. The maximum absolute atomic E-state index is 12.2. The van der Waals surface area contributed by atoms with Gasteiger partial charge in [0, 0.05) is 13.1 Å². The molecule has 0 radical (unpaired) electrons. The third kappa shape index (κ3) is 4.02. The predicted octanol–water partition coefficient (Wildman–Crippen LogP) is 2.24. The number of carboxylic acids is 1. The molecule has 1 N–H and O–H groups in total. The molecular weight excluding hydrogens is 218 g/mol. The zero-order chi connectivity index (χ0) is 14.0. The van der Waals surface area contributed by atoms with E-state index in [-0.39, 0.29) is 11.9 Å². The molecule has 100 valence electrons. The number of carboxylic acid groups (broad SMARTS) is 1. The van der Waals surface area contributed by atoms with Gasteiger partial charge in [0.2, 0.25) is 5.91 Å². The summed E-state index contributed by atoms with van der Waals surface area (Å²) < 4.78 is 0. The van der Waals surface area contributed by atoms with Crippen molar-refractivity contribution >= 4 is 11.9 Å². The molecule has 0 spiro atoms. The fraction of sp³-hybridized carbons (Fsp3) is 0.846. The average Bonchev–Trinajstić information content (AvgIpc) is 2.12. The van der Waals surface area contributed by atoms with E-state index in [9.17, 15) is 14.7 Å². The van der Waals surface area contributed by atoms with Crippen LogP contribution in [0, 0.1) is 17.3 Å². The van der Waals surface area contributed by atoms with Crippen LogP contribution in [0.25, 0.3) is 0 Å². The van der Waals surface area contributed by atoms with Crippen molar-refractivity contribution in [3.05, 3.63) is 0 Å². The van der Waals surface area contributed by atoms with Crippen LogP contribution in [0.4, 0.5) is 0 Å². The highest BCUT2D eigenvalue weighted by atomic mass is 16.4. The molecule has 0 rings (SSSR count). The summed E-state index contributed by atoms with van der Waals surface area (Å²) in [7, 11) is 1.68. The van der Waals surface area contributed by atoms with Gasteiger partial charge in [-0.05, 0) is 18.3 Å². The fourth-order valence-corrected chi connectivity index (χ4v) is 1.70. The molecule has 0 aromatic rings. The molecule has 0 saturated carbocycles. The van der Waals surface area contributed by atoms with Crippen LogP contribution < -0.4 is 0 Å². The van der Waals surface area contributed by atoms with Crippen molar-refractivity contribution in [2.75, 3.05) is 7.05 Å². The summed E-state index contributed by atoms with van der Waals surface area (Å²) >= 11 is 0. The lowest BCUT2D eigenvalue weighted by Crippen LogP contribution is -2.48. The zero-order valence-electron chi connectivity index (χ0n) is 11.9. The van der Waals surface area contributed by atoms with Gasteiger partial charge in [0.15, 0.2) is 0 Å². The van der Waals surface area contributed by atoms with Gasteiger partial charge in [0.25, 0.3) is 0 Å². The molecule has 0 aromatic heterocycles.